The van der Waals surface area contributed by atoms with Crippen LogP contribution in [0.4, 0.5) is 5.95 Å². The van der Waals surface area contributed by atoms with E-state index in [1.165, 1.54) is 24.8 Å². The molecule has 0 aliphatic carbocycles. The highest BCUT2D eigenvalue weighted by Crippen LogP contribution is 2.40. The van der Waals surface area contributed by atoms with Gasteiger partial charge < -0.3 is 13.9 Å². The van der Waals surface area contributed by atoms with Crippen molar-refractivity contribution in [1.82, 2.24) is 14.8 Å². The number of furan rings is 1. The zero-order chi connectivity index (χ0) is 22.8. The monoisotopic (exact) mass is 468 g/mol. The summed E-state index contributed by atoms with van der Waals surface area (Å²) in [5.41, 5.74) is 0.482. The van der Waals surface area contributed by atoms with Gasteiger partial charge in [0, 0.05) is 6.54 Å². The fourth-order valence-corrected chi connectivity index (χ4v) is 4.72. The van der Waals surface area contributed by atoms with E-state index in [9.17, 15) is 8.42 Å². The zero-order valence-corrected chi connectivity index (χ0v) is 20.2. The van der Waals surface area contributed by atoms with E-state index in [2.05, 4.69) is 29.0 Å². The van der Waals surface area contributed by atoms with Crippen LogP contribution in [-0.2, 0) is 10.0 Å². The summed E-state index contributed by atoms with van der Waals surface area (Å²) < 4.78 is 45.2. The Kier molecular flexibility index (Phi) is 6.56. The highest BCUT2D eigenvalue weighted by molar-refractivity contribution is 8.32. The van der Waals surface area contributed by atoms with Gasteiger partial charge in [0.25, 0.3) is 0 Å². The molecule has 0 N–H and O–H groups in total. The van der Waals surface area contributed by atoms with Gasteiger partial charge in [0.2, 0.25) is 21.8 Å². The number of rotatable bonds is 9. The van der Waals surface area contributed by atoms with Crippen molar-refractivity contribution < 1.29 is 22.3 Å². The molecule has 3 rings (SSSR count). The summed E-state index contributed by atoms with van der Waals surface area (Å²) in [6.45, 7) is 0.269. The van der Waals surface area contributed by atoms with Crippen LogP contribution in [0.15, 0.2) is 41.0 Å². The van der Waals surface area contributed by atoms with Gasteiger partial charge in [-0.1, -0.05) is 6.07 Å². The molecular formula is C20H28N4O5S2. The maximum absolute atomic E-state index is 12.8. The van der Waals surface area contributed by atoms with Crippen LogP contribution in [0.25, 0.3) is 17.3 Å². The second-order valence-electron chi connectivity index (χ2n) is 7.78. The van der Waals surface area contributed by atoms with Gasteiger partial charge in [-0.15, -0.1) is 10.2 Å². The van der Waals surface area contributed by atoms with Crippen LogP contribution >= 0.6 is 10.0 Å². The standard InChI is InChI=1S/C20H28N4O5S2/c1-27-15-9-7-10-16(28-2)18(15)24-19(17-11-8-13-29-17)21-22-20(24)23(31(6,25)26)12-14-30(3,4)5/h7-11,13H,12,14H2,1-6H3. The van der Waals surface area contributed by atoms with Crippen molar-refractivity contribution in [2.75, 3.05) is 55.8 Å². The number of hydrogen-bond donors (Lipinski definition) is 0. The summed E-state index contributed by atoms with van der Waals surface area (Å²) in [5, 5.41) is 8.54. The largest absolute Gasteiger partial charge is 0.494 e. The van der Waals surface area contributed by atoms with Crippen molar-refractivity contribution in [2.45, 2.75) is 0 Å². The number of para-hydroxylation sites is 1. The molecule has 0 aliphatic rings. The van der Waals surface area contributed by atoms with E-state index in [1.807, 2.05) is 0 Å². The van der Waals surface area contributed by atoms with Crippen LogP contribution in [0.2, 0.25) is 0 Å². The van der Waals surface area contributed by atoms with Gasteiger partial charge in [0.15, 0.2) is 5.76 Å². The molecule has 0 saturated carbocycles. The lowest BCUT2D eigenvalue weighted by atomic mass is 10.2. The molecule has 3 aromatic rings. The molecule has 0 radical (unpaired) electrons. The molecule has 0 fully saturated rings. The summed E-state index contributed by atoms with van der Waals surface area (Å²) in [5.74, 6) is 2.55. The van der Waals surface area contributed by atoms with E-state index < -0.39 is 20.1 Å². The summed E-state index contributed by atoms with van der Waals surface area (Å²) in [6.07, 6.45) is 9.09. The topological polar surface area (TPSA) is 99.7 Å². The molecule has 9 nitrogen and oxygen atoms in total. The van der Waals surface area contributed by atoms with Gasteiger partial charge in [-0.2, -0.15) is 0 Å². The average Bonchev–Trinajstić information content (AvgIpc) is 3.35. The zero-order valence-electron chi connectivity index (χ0n) is 18.5. The second-order valence-corrected chi connectivity index (χ2v) is 14.3. The second kappa shape index (κ2) is 8.83. The number of methoxy groups -OCH3 is 2. The van der Waals surface area contributed by atoms with Crippen LogP contribution in [0, 0.1) is 0 Å². The normalized spacial score (nSPS) is 12.6. The number of benzene rings is 1. The molecule has 0 atom stereocenters. The summed E-state index contributed by atoms with van der Waals surface area (Å²) in [6, 6.07) is 8.77. The van der Waals surface area contributed by atoms with Crippen molar-refractivity contribution in [3.8, 4) is 28.8 Å². The number of hydrogen-bond acceptors (Lipinski definition) is 7. The van der Waals surface area contributed by atoms with E-state index in [0.29, 0.717) is 34.5 Å². The Balaban J connectivity index is 2.31. The van der Waals surface area contributed by atoms with Crippen molar-refractivity contribution in [3.63, 3.8) is 0 Å². The number of anilines is 1. The van der Waals surface area contributed by atoms with Gasteiger partial charge in [0.1, 0.15) is 17.2 Å². The smallest absolute Gasteiger partial charge is 0.246 e. The Bertz CT molecular complexity index is 1110. The van der Waals surface area contributed by atoms with Gasteiger partial charge in [0.05, 0.1) is 26.7 Å². The van der Waals surface area contributed by atoms with E-state index in [0.717, 1.165) is 6.26 Å². The Morgan fingerprint density at radius 3 is 2.13 bits per heavy atom. The Morgan fingerprint density at radius 1 is 1.00 bits per heavy atom. The first-order valence-electron chi connectivity index (χ1n) is 9.41. The van der Waals surface area contributed by atoms with Crippen molar-refractivity contribution >= 4 is 26.0 Å². The first-order valence-corrected chi connectivity index (χ1v) is 14.3. The van der Waals surface area contributed by atoms with Crippen molar-refractivity contribution in [1.29, 1.82) is 0 Å². The number of aromatic nitrogens is 3. The minimum atomic E-state index is -3.65. The molecule has 1 aromatic carbocycles. The molecule has 0 amide bonds. The fraction of sp³-hybridized carbons (Fsp3) is 0.400. The molecule has 11 heteroatoms. The third-order valence-electron chi connectivity index (χ3n) is 4.54. The molecule has 0 aliphatic heterocycles. The van der Waals surface area contributed by atoms with E-state index >= 15 is 0 Å². The van der Waals surface area contributed by atoms with Gasteiger partial charge in [-0.25, -0.2) is 22.8 Å². The van der Waals surface area contributed by atoms with Gasteiger partial charge in [-0.3, -0.25) is 4.57 Å². The molecule has 170 valence electrons. The molecule has 0 bridgehead atoms. The van der Waals surface area contributed by atoms with Crippen LogP contribution < -0.4 is 13.8 Å². The molecule has 0 saturated heterocycles. The van der Waals surface area contributed by atoms with Gasteiger partial charge in [-0.05, 0) is 48.8 Å². The molecular weight excluding hydrogens is 440 g/mol. The maximum atomic E-state index is 12.8. The fourth-order valence-electron chi connectivity index (χ4n) is 3.03. The summed E-state index contributed by atoms with van der Waals surface area (Å²) in [7, 11) is -1.55. The Hall–Kier alpha value is -2.66. The highest BCUT2D eigenvalue weighted by Gasteiger charge is 2.30. The lowest BCUT2D eigenvalue weighted by Gasteiger charge is -2.29. The van der Waals surface area contributed by atoms with Crippen LogP contribution in [0.5, 0.6) is 11.5 Å². The highest BCUT2D eigenvalue weighted by atomic mass is 32.3. The summed E-state index contributed by atoms with van der Waals surface area (Å²) >= 11 is 0. The number of nitrogens with zero attached hydrogens (tertiary/aromatic N) is 4. The number of ether oxygens (including phenoxy) is 2. The van der Waals surface area contributed by atoms with E-state index in [-0.39, 0.29) is 12.5 Å². The van der Waals surface area contributed by atoms with Crippen molar-refractivity contribution in [3.05, 3.63) is 36.6 Å². The van der Waals surface area contributed by atoms with Crippen LogP contribution in [0.3, 0.4) is 0 Å². The van der Waals surface area contributed by atoms with E-state index in [4.69, 9.17) is 13.9 Å². The first kappa shape index (κ1) is 23.0. The first-order chi connectivity index (χ1) is 14.6. The maximum Gasteiger partial charge on any atom is 0.246 e. The van der Waals surface area contributed by atoms with E-state index in [1.54, 1.807) is 34.9 Å². The third-order valence-corrected chi connectivity index (χ3v) is 7.10. The molecule has 2 aromatic heterocycles. The summed E-state index contributed by atoms with van der Waals surface area (Å²) in [4.78, 5) is 0. The Morgan fingerprint density at radius 2 is 1.65 bits per heavy atom. The minimum absolute atomic E-state index is 0.139. The quantitative estimate of drug-likeness (QED) is 0.476. The SMILES string of the molecule is COc1cccc(OC)c1-n1c(-c2ccco2)nnc1N(CCS(C)(C)C)S(C)(=O)=O. The molecule has 0 spiro atoms. The molecule has 31 heavy (non-hydrogen) atoms. The lowest BCUT2D eigenvalue weighted by Crippen LogP contribution is -2.35. The average molecular weight is 469 g/mol. The minimum Gasteiger partial charge on any atom is -0.494 e. The lowest BCUT2D eigenvalue weighted by molar-refractivity contribution is 0.391. The van der Waals surface area contributed by atoms with Crippen molar-refractivity contribution in [2.24, 2.45) is 0 Å². The third kappa shape index (κ3) is 4.99. The predicted molar refractivity (Wildman–Crippen MR) is 125 cm³/mol. The molecule has 0 unspecified atom stereocenters. The van der Waals surface area contributed by atoms with Crippen LogP contribution in [-0.4, -0.2) is 74.7 Å². The molecule has 2 heterocycles. The number of sulfonamides is 1. The Labute approximate surface area is 184 Å². The predicted octanol–water partition coefficient (Wildman–Crippen LogP) is 3.00. The van der Waals surface area contributed by atoms with Crippen LogP contribution in [0.1, 0.15) is 0 Å². The van der Waals surface area contributed by atoms with Gasteiger partial charge >= 0.3 is 0 Å².